The Labute approximate surface area is 112 Å². The first-order valence-electron chi connectivity index (χ1n) is 6.54. The zero-order chi connectivity index (χ0) is 14.0. The number of aryl methyl sites for hydroxylation is 1. The molecule has 1 aromatic carbocycles. The Balaban J connectivity index is 2.50. The molecule has 1 aromatic heterocycles. The quantitative estimate of drug-likeness (QED) is 0.867. The van der Waals surface area contributed by atoms with E-state index in [-0.39, 0.29) is 12.4 Å². The summed E-state index contributed by atoms with van der Waals surface area (Å²) in [5.74, 6) is 0.472. The molecule has 1 unspecified atom stereocenters. The molecule has 104 valence electrons. The van der Waals surface area contributed by atoms with E-state index in [1.165, 1.54) is 12.1 Å². The van der Waals surface area contributed by atoms with Crippen LogP contribution >= 0.6 is 0 Å². The van der Waals surface area contributed by atoms with Crippen molar-refractivity contribution in [1.29, 1.82) is 0 Å². The third kappa shape index (κ3) is 2.93. The van der Waals surface area contributed by atoms with E-state index in [9.17, 15) is 9.50 Å². The van der Waals surface area contributed by atoms with Gasteiger partial charge in [-0.2, -0.15) is 0 Å². The molecule has 1 atom stereocenters. The van der Waals surface area contributed by atoms with E-state index in [2.05, 4.69) is 11.9 Å². The van der Waals surface area contributed by atoms with Crippen LogP contribution in [0.15, 0.2) is 18.2 Å². The Morgan fingerprint density at radius 3 is 2.84 bits per heavy atom. The van der Waals surface area contributed by atoms with Gasteiger partial charge in [0, 0.05) is 19.5 Å². The minimum Gasteiger partial charge on any atom is -0.388 e. The van der Waals surface area contributed by atoms with E-state index >= 15 is 0 Å². The van der Waals surface area contributed by atoms with Crippen molar-refractivity contribution in [3.63, 3.8) is 0 Å². The monoisotopic (exact) mass is 265 g/mol. The van der Waals surface area contributed by atoms with E-state index in [0.29, 0.717) is 6.42 Å². The number of hydrogen-bond acceptors (Lipinski definition) is 3. The van der Waals surface area contributed by atoms with Gasteiger partial charge in [-0.3, -0.25) is 0 Å². The zero-order valence-electron chi connectivity index (χ0n) is 11.4. The minimum atomic E-state index is -0.995. The molecule has 19 heavy (non-hydrogen) atoms. The Bertz CT molecular complexity index is 577. The van der Waals surface area contributed by atoms with E-state index in [1.807, 2.05) is 4.57 Å². The molecule has 0 aliphatic rings. The lowest BCUT2D eigenvalue weighted by molar-refractivity contribution is 0.0667. The summed E-state index contributed by atoms with van der Waals surface area (Å²) in [6, 6.07) is 4.55. The molecule has 5 heteroatoms. The minimum absolute atomic E-state index is 0.163. The SMILES string of the molecule is CCCn1c(CC(C)(O)CN)nc2ccc(F)cc21. The van der Waals surface area contributed by atoms with Crippen LogP contribution in [0.4, 0.5) is 4.39 Å². The first-order valence-corrected chi connectivity index (χ1v) is 6.54. The molecule has 0 saturated carbocycles. The summed E-state index contributed by atoms with van der Waals surface area (Å²) in [5, 5.41) is 10.1. The number of aromatic nitrogens is 2. The third-order valence-corrected chi connectivity index (χ3v) is 3.22. The number of imidazole rings is 1. The lowest BCUT2D eigenvalue weighted by atomic mass is 10.0. The first-order chi connectivity index (χ1) is 8.96. The smallest absolute Gasteiger partial charge is 0.125 e. The highest BCUT2D eigenvalue weighted by atomic mass is 19.1. The van der Waals surface area contributed by atoms with Crippen molar-refractivity contribution < 1.29 is 9.50 Å². The van der Waals surface area contributed by atoms with Crippen molar-refractivity contribution in [1.82, 2.24) is 9.55 Å². The summed E-state index contributed by atoms with van der Waals surface area (Å²) in [6.07, 6.45) is 1.28. The number of nitrogens with zero attached hydrogens (tertiary/aromatic N) is 2. The summed E-state index contributed by atoms with van der Waals surface area (Å²) in [6.45, 7) is 4.64. The van der Waals surface area contributed by atoms with Crippen LogP contribution in [0.1, 0.15) is 26.1 Å². The second kappa shape index (κ2) is 5.27. The van der Waals surface area contributed by atoms with E-state index in [0.717, 1.165) is 29.8 Å². The fraction of sp³-hybridized carbons (Fsp3) is 0.500. The van der Waals surface area contributed by atoms with E-state index < -0.39 is 5.60 Å². The Kier molecular flexibility index (Phi) is 3.87. The second-order valence-electron chi connectivity index (χ2n) is 5.19. The predicted octanol–water partition coefficient (Wildman–Crippen LogP) is 1.84. The number of rotatable bonds is 5. The van der Waals surface area contributed by atoms with Crippen LogP contribution in [-0.2, 0) is 13.0 Å². The average Bonchev–Trinajstić information content (AvgIpc) is 2.67. The molecule has 0 bridgehead atoms. The molecule has 2 rings (SSSR count). The van der Waals surface area contributed by atoms with Gasteiger partial charge in [0.1, 0.15) is 11.6 Å². The van der Waals surface area contributed by atoms with Crippen molar-refractivity contribution in [3.05, 3.63) is 29.8 Å². The van der Waals surface area contributed by atoms with Crippen molar-refractivity contribution in [3.8, 4) is 0 Å². The fourth-order valence-electron chi connectivity index (χ4n) is 2.17. The van der Waals surface area contributed by atoms with Gasteiger partial charge >= 0.3 is 0 Å². The summed E-state index contributed by atoms with van der Waals surface area (Å²) in [5.41, 5.74) is 6.07. The number of hydrogen-bond donors (Lipinski definition) is 2. The van der Waals surface area contributed by atoms with Crippen molar-refractivity contribution >= 4 is 11.0 Å². The molecule has 2 aromatic rings. The molecule has 0 radical (unpaired) electrons. The maximum Gasteiger partial charge on any atom is 0.125 e. The molecule has 1 heterocycles. The topological polar surface area (TPSA) is 64.1 Å². The highest BCUT2D eigenvalue weighted by Crippen LogP contribution is 2.21. The van der Waals surface area contributed by atoms with Crippen molar-refractivity contribution in [2.75, 3.05) is 6.54 Å². The molecule has 4 nitrogen and oxygen atoms in total. The Morgan fingerprint density at radius 1 is 1.47 bits per heavy atom. The maximum atomic E-state index is 13.4. The molecule has 3 N–H and O–H groups in total. The van der Waals surface area contributed by atoms with Crippen LogP contribution < -0.4 is 5.73 Å². The van der Waals surface area contributed by atoms with Gasteiger partial charge in [0.05, 0.1) is 16.6 Å². The summed E-state index contributed by atoms with van der Waals surface area (Å²) >= 11 is 0. The van der Waals surface area contributed by atoms with Crippen LogP contribution in [0.2, 0.25) is 0 Å². The molecule has 0 spiro atoms. The van der Waals surface area contributed by atoms with Crippen molar-refractivity contribution in [2.45, 2.75) is 38.8 Å². The normalized spacial score (nSPS) is 14.8. The van der Waals surface area contributed by atoms with Gasteiger partial charge in [0.15, 0.2) is 0 Å². The van der Waals surface area contributed by atoms with Crippen LogP contribution in [0.5, 0.6) is 0 Å². The van der Waals surface area contributed by atoms with Gasteiger partial charge in [-0.1, -0.05) is 6.92 Å². The van der Waals surface area contributed by atoms with Crippen molar-refractivity contribution in [2.24, 2.45) is 5.73 Å². The Morgan fingerprint density at radius 2 is 2.21 bits per heavy atom. The third-order valence-electron chi connectivity index (χ3n) is 3.22. The number of fused-ring (bicyclic) bond motifs is 1. The van der Waals surface area contributed by atoms with Gasteiger partial charge in [0.2, 0.25) is 0 Å². The number of benzene rings is 1. The standard InChI is InChI=1S/C14H20FN3O/c1-3-6-18-12-7-10(15)4-5-11(12)17-13(18)8-14(2,19)9-16/h4-5,7,19H,3,6,8-9,16H2,1-2H3. The second-order valence-corrected chi connectivity index (χ2v) is 5.19. The fourth-order valence-corrected chi connectivity index (χ4v) is 2.17. The number of halogens is 1. The molecule has 0 amide bonds. The summed E-state index contributed by atoms with van der Waals surface area (Å²) in [4.78, 5) is 4.49. The van der Waals surface area contributed by atoms with Gasteiger partial charge in [-0.15, -0.1) is 0 Å². The summed E-state index contributed by atoms with van der Waals surface area (Å²) < 4.78 is 15.3. The molecule has 0 aliphatic heterocycles. The molecule has 0 aliphatic carbocycles. The van der Waals surface area contributed by atoms with Gasteiger partial charge in [0.25, 0.3) is 0 Å². The maximum absolute atomic E-state index is 13.4. The van der Waals surface area contributed by atoms with Crippen LogP contribution in [0.3, 0.4) is 0 Å². The number of nitrogens with two attached hydrogens (primary N) is 1. The van der Waals surface area contributed by atoms with Gasteiger partial charge in [-0.25, -0.2) is 9.37 Å². The summed E-state index contributed by atoms with van der Waals surface area (Å²) in [7, 11) is 0. The van der Waals surface area contributed by atoms with Crippen LogP contribution in [-0.4, -0.2) is 26.8 Å². The lowest BCUT2D eigenvalue weighted by Crippen LogP contribution is -2.37. The van der Waals surface area contributed by atoms with E-state index in [4.69, 9.17) is 5.73 Å². The van der Waals surface area contributed by atoms with Crippen LogP contribution in [0.25, 0.3) is 11.0 Å². The Hall–Kier alpha value is -1.46. The molecular formula is C14H20FN3O. The molecule has 0 saturated heterocycles. The van der Waals surface area contributed by atoms with Crippen LogP contribution in [0, 0.1) is 5.82 Å². The predicted molar refractivity (Wildman–Crippen MR) is 73.4 cm³/mol. The first kappa shape index (κ1) is 14.0. The highest BCUT2D eigenvalue weighted by Gasteiger charge is 2.23. The lowest BCUT2D eigenvalue weighted by Gasteiger charge is -2.21. The van der Waals surface area contributed by atoms with E-state index in [1.54, 1.807) is 13.0 Å². The highest BCUT2D eigenvalue weighted by molar-refractivity contribution is 5.76. The number of aliphatic hydroxyl groups is 1. The largest absolute Gasteiger partial charge is 0.388 e. The van der Waals surface area contributed by atoms with Gasteiger partial charge in [-0.05, 0) is 31.5 Å². The molecule has 0 fully saturated rings. The zero-order valence-corrected chi connectivity index (χ0v) is 11.4. The molecular weight excluding hydrogens is 245 g/mol. The average molecular weight is 265 g/mol. The van der Waals surface area contributed by atoms with Gasteiger partial charge < -0.3 is 15.4 Å².